The van der Waals surface area contributed by atoms with Crippen molar-refractivity contribution in [2.24, 2.45) is 0 Å². The summed E-state index contributed by atoms with van der Waals surface area (Å²) in [5.41, 5.74) is 0.439. The average molecular weight is 292 g/mol. The van der Waals surface area contributed by atoms with E-state index in [1.54, 1.807) is 6.07 Å². The van der Waals surface area contributed by atoms with Crippen molar-refractivity contribution in [2.45, 2.75) is 26.3 Å². The van der Waals surface area contributed by atoms with Crippen LogP contribution in [0.1, 0.15) is 30.6 Å². The number of ketones is 1. The molecular formula is C16H24N2O3. The molecule has 0 aromatic heterocycles. The Morgan fingerprint density at radius 3 is 2.43 bits per heavy atom. The summed E-state index contributed by atoms with van der Waals surface area (Å²) in [6.07, 6.45) is 1.14. The number of phenols is 2. The van der Waals surface area contributed by atoms with E-state index in [4.69, 9.17) is 0 Å². The van der Waals surface area contributed by atoms with Gasteiger partial charge in [-0.15, -0.1) is 0 Å². The third kappa shape index (κ3) is 3.95. The number of hydrogen-bond acceptors (Lipinski definition) is 5. The van der Waals surface area contributed by atoms with E-state index < -0.39 is 0 Å². The number of carbonyl (C=O) groups excluding carboxylic acids is 1. The summed E-state index contributed by atoms with van der Waals surface area (Å²) >= 11 is 0. The van der Waals surface area contributed by atoms with Crippen LogP contribution in [0.5, 0.6) is 11.5 Å². The second kappa shape index (κ2) is 6.91. The van der Waals surface area contributed by atoms with Crippen LogP contribution in [0.15, 0.2) is 18.2 Å². The first-order valence-corrected chi connectivity index (χ1v) is 7.52. The van der Waals surface area contributed by atoms with Crippen molar-refractivity contribution in [2.75, 3.05) is 32.7 Å². The molecule has 2 rings (SSSR count). The standard InChI is InChI=1S/C16H24N2O3/c1-3-12(2)18-8-6-17(7-9-18)11-16(21)13-4-5-14(19)15(20)10-13/h4-5,10,12,19-20H,3,6-9,11H2,1-2H3. The lowest BCUT2D eigenvalue weighted by Gasteiger charge is -2.37. The van der Waals surface area contributed by atoms with Gasteiger partial charge in [-0.25, -0.2) is 0 Å². The maximum atomic E-state index is 12.2. The van der Waals surface area contributed by atoms with Crippen molar-refractivity contribution in [3.63, 3.8) is 0 Å². The molecular weight excluding hydrogens is 268 g/mol. The van der Waals surface area contributed by atoms with Gasteiger partial charge in [0.25, 0.3) is 0 Å². The zero-order chi connectivity index (χ0) is 15.4. The van der Waals surface area contributed by atoms with Gasteiger partial charge in [0.05, 0.1) is 6.54 Å². The van der Waals surface area contributed by atoms with Crippen LogP contribution in [0.25, 0.3) is 0 Å². The van der Waals surface area contributed by atoms with E-state index in [1.165, 1.54) is 12.1 Å². The van der Waals surface area contributed by atoms with Gasteiger partial charge in [0.15, 0.2) is 17.3 Å². The highest BCUT2D eigenvalue weighted by atomic mass is 16.3. The van der Waals surface area contributed by atoms with Crippen LogP contribution < -0.4 is 0 Å². The number of hydrogen-bond donors (Lipinski definition) is 2. The van der Waals surface area contributed by atoms with Gasteiger partial charge in [0, 0.05) is 37.8 Å². The molecule has 0 radical (unpaired) electrons. The lowest BCUT2D eigenvalue weighted by Crippen LogP contribution is -2.50. The summed E-state index contributed by atoms with van der Waals surface area (Å²) < 4.78 is 0. The van der Waals surface area contributed by atoms with Crippen molar-refractivity contribution in [1.29, 1.82) is 0 Å². The van der Waals surface area contributed by atoms with E-state index in [0.717, 1.165) is 32.6 Å². The Hall–Kier alpha value is -1.59. The molecule has 1 aliphatic rings. The van der Waals surface area contributed by atoms with Gasteiger partial charge in [-0.3, -0.25) is 14.6 Å². The number of nitrogens with zero attached hydrogens (tertiary/aromatic N) is 2. The van der Waals surface area contributed by atoms with Crippen molar-refractivity contribution < 1.29 is 15.0 Å². The Labute approximate surface area is 125 Å². The van der Waals surface area contributed by atoms with Crippen LogP contribution in [-0.2, 0) is 0 Å². The predicted molar refractivity (Wildman–Crippen MR) is 81.9 cm³/mol. The number of carbonyl (C=O) groups is 1. The molecule has 0 saturated carbocycles. The van der Waals surface area contributed by atoms with Gasteiger partial charge in [-0.05, 0) is 31.5 Å². The van der Waals surface area contributed by atoms with Gasteiger partial charge in [-0.1, -0.05) is 6.92 Å². The third-order valence-electron chi connectivity index (χ3n) is 4.29. The Morgan fingerprint density at radius 1 is 1.19 bits per heavy atom. The van der Waals surface area contributed by atoms with Crippen LogP contribution in [0.2, 0.25) is 0 Å². The molecule has 2 N–H and O–H groups in total. The first kappa shape index (κ1) is 15.8. The highest BCUT2D eigenvalue weighted by Gasteiger charge is 2.22. The zero-order valence-electron chi connectivity index (χ0n) is 12.7. The van der Waals surface area contributed by atoms with Gasteiger partial charge in [-0.2, -0.15) is 0 Å². The van der Waals surface area contributed by atoms with Gasteiger partial charge in [0.1, 0.15) is 0 Å². The smallest absolute Gasteiger partial charge is 0.176 e. The minimum absolute atomic E-state index is 0.0257. The minimum atomic E-state index is -0.248. The van der Waals surface area contributed by atoms with E-state index in [2.05, 4.69) is 23.6 Å². The average Bonchev–Trinajstić information content (AvgIpc) is 2.50. The first-order valence-electron chi connectivity index (χ1n) is 7.52. The minimum Gasteiger partial charge on any atom is -0.504 e. The Bertz CT molecular complexity index is 496. The molecule has 1 unspecified atom stereocenters. The highest BCUT2D eigenvalue weighted by Crippen LogP contribution is 2.25. The summed E-state index contributed by atoms with van der Waals surface area (Å²) in [4.78, 5) is 16.8. The summed E-state index contributed by atoms with van der Waals surface area (Å²) in [5.74, 6) is -0.474. The summed E-state index contributed by atoms with van der Waals surface area (Å²) in [6, 6.07) is 4.82. The lowest BCUT2D eigenvalue weighted by atomic mass is 10.1. The number of benzene rings is 1. The fraction of sp³-hybridized carbons (Fsp3) is 0.562. The molecule has 116 valence electrons. The molecule has 21 heavy (non-hydrogen) atoms. The summed E-state index contributed by atoms with van der Waals surface area (Å²) in [7, 11) is 0. The second-order valence-electron chi connectivity index (χ2n) is 5.70. The van der Waals surface area contributed by atoms with Crippen LogP contribution in [-0.4, -0.2) is 64.6 Å². The quantitative estimate of drug-likeness (QED) is 0.639. The monoisotopic (exact) mass is 292 g/mol. The Balaban J connectivity index is 1.88. The molecule has 5 heteroatoms. The number of Topliss-reactive ketones (excluding diaryl/α,β-unsaturated/α-hetero) is 1. The number of phenolic OH excluding ortho intramolecular Hbond substituents is 2. The Morgan fingerprint density at radius 2 is 1.86 bits per heavy atom. The second-order valence-corrected chi connectivity index (χ2v) is 5.70. The van der Waals surface area contributed by atoms with E-state index >= 15 is 0 Å². The SMILES string of the molecule is CCC(C)N1CCN(CC(=O)c2ccc(O)c(O)c2)CC1. The van der Waals surface area contributed by atoms with Crippen molar-refractivity contribution in [1.82, 2.24) is 9.80 Å². The van der Waals surface area contributed by atoms with Gasteiger partial charge in [0.2, 0.25) is 0 Å². The zero-order valence-corrected chi connectivity index (χ0v) is 12.7. The molecule has 0 spiro atoms. The van der Waals surface area contributed by atoms with Crippen LogP contribution in [0.3, 0.4) is 0 Å². The van der Waals surface area contributed by atoms with E-state index in [9.17, 15) is 15.0 Å². The maximum absolute atomic E-state index is 12.2. The molecule has 0 aliphatic carbocycles. The molecule has 5 nitrogen and oxygen atoms in total. The first-order chi connectivity index (χ1) is 10.0. The van der Waals surface area contributed by atoms with E-state index in [1.807, 2.05) is 0 Å². The fourth-order valence-electron chi connectivity index (χ4n) is 2.61. The number of aromatic hydroxyl groups is 2. The lowest BCUT2D eigenvalue weighted by molar-refractivity contribution is 0.0784. The molecule has 1 aliphatic heterocycles. The molecule has 1 fully saturated rings. The number of piperazine rings is 1. The van der Waals surface area contributed by atoms with Gasteiger partial charge >= 0.3 is 0 Å². The maximum Gasteiger partial charge on any atom is 0.176 e. The highest BCUT2D eigenvalue weighted by molar-refractivity contribution is 5.98. The Kier molecular flexibility index (Phi) is 5.20. The predicted octanol–water partition coefficient (Wildman–Crippen LogP) is 1.70. The molecule has 1 aromatic rings. The third-order valence-corrected chi connectivity index (χ3v) is 4.29. The number of rotatable bonds is 5. The summed E-state index contributed by atoms with van der Waals surface area (Å²) in [5, 5.41) is 18.7. The molecule has 1 aromatic carbocycles. The molecule has 1 saturated heterocycles. The van der Waals surface area contributed by atoms with Crippen molar-refractivity contribution in [3.8, 4) is 11.5 Å². The normalized spacial score (nSPS) is 18.6. The van der Waals surface area contributed by atoms with E-state index in [0.29, 0.717) is 18.2 Å². The summed E-state index contributed by atoms with van der Waals surface area (Å²) in [6.45, 7) is 8.54. The molecule has 1 heterocycles. The van der Waals surface area contributed by atoms with Crippen LogP contribution >= 0.6 is 0 Å². The molecule has 0 amide bonds. The van der Waals surface area contributed by atoms with Crippen LogP contribution in [0.4, 0.5) is 0 Å². The fourth-order valence-corrected chi connectivity index (χ4v) is 2.61. The van der Waals surface area contributed by atoms with Crippen molar-refractivity contribution in [3.05, 3.63) is 23.8 Å². The topological polar surface area (TPSA) is 64.0 Å². The molecule has 0 bridgehead atoms. The molecule has 1 atom stereocenters. The van der Waals surface area contributed by atoms with Crippen LogP contribution in [0, 0.1) is 0 Å². The largest absolute Gasteiger partial charge is 0.504 e. The van der Waals surface area contributed by atoms with E-state index in [-0.39, 0.29) is 17.3 Å². The van der Waals surface area contributed by atoms with Gasteiger partial charge < -0.3 is 10.2 Å². The van der Waals surface area contributed by atoms with Crippen molar-refractivity contribution >= 4 is 5.78 Å².